The van der Waals surface area contributed by atoms with Crippen molar-refractivity contribution < 1.29 is 14.0 Å². The van der Waals surface area contributed by atoms with Gasteiger partial charge in [0.05, 0.1) is 5.56 Å². The Bertz CT molecular complexity index is 664. The fourth-order valence-electron chi connectivity index (χ4n) is 1.74. The molecule has 1 aromatic carbocycles. The van der Waals surface area contributed by atoms with Crippen molar-refractivity contribution in [1.82, 2.24) is 10.9 Å². The number of carbonyl (C=O) groups is 2. The lowest BCUT2D eigenvalue weighted by molar-refractivity contribution is 0.0845. The molecule has 0 saturated carbocycles. The summed E-state index contributed by atoms with van der Waals surface area (Å²) in [6, 6.07) is 8.03. The van der Waals surface area contributed by atoms with Gasteiger partial charge in [0.25, 0.3) is 11.8 Å². The van der Waals surface area contributed by atoms with Crippen LogP contribution < -0.4 is 10.9 Å². The smallest absolute Gasteiger partial charge is 0.273 e. The number of aryl methyl sites for hydroxylation is 2. The maximum Gasteiger partial charge on any atom is 0.273 e. The van der Waals surface area contributed by atoms with Crippen LogP contribution in [0.2, 0.25) is 5.02 Å². The zero-order chi connectivity index (χ0) is 14.7. The lowest BCUT2D eigenvalue weighted by Gasteiger charge is -2.06. The molecule has 2 N–H and O–H groups in total. The normalized spacial score (nSPS) is 10.2. The van der Waals surface area contributed by atoms with Crippen molar-refractivity contribution in [2.75, 3.05) is 0 Å². The van der Waals surface area contributed by atoms with Gasteiger partial charge in [0, 0.05) is 10.6 Å². The van der Waals surface area contributed by atoms with Gasteiger partial charge in [-0.25, -0.2) is 0 Å². The van der Waals surface area contributed by atoms with E-state index in [1.54, 1.807) is 38.1 Å². The molecule has 0 bridgehead atoms. The van der Waals surface area contributed by atoms with E-state index in [9.17, 15) is 9.59 Å². The predicted molar refractivity (Wildman–Crippen MR) is 74.6 cm³/mol. The SMILES string of the molecule is Cc1cc(C(=O)NNC(=O)c2cccc(Cl)c2)c(C)o1. The van der Waals surface area contributed by atoms with E-state index in [4.69, 9.17) is 16.0 Å². The zero-order valence-corrected chi connectivity index (χ0v) is 11.7. The number of hydrazine groups is 1. The molecule has 2 aromatic rings. The molecule has 0 aliphatic rings. The van der Waals surface area contributed by atoms with E-state index in [1.165, 1.54) is 6.07 Å². The molecular weight excluding hydrogens is 280 g/mol. The van der Waals surface area contributed by atoms with Gasteiger partial charge in [0.15, 0.2) is 0 Å². The lowest BCUT2D eigenvalue weighted by atomic mass is 10.2. The van der Waals surface area contributed by atoms with Crippen LogP contribution >= 0.6 is 11.6 Å². The van der Waals surface area contributed by atoms with Crippen LogP contribution in [0.3, 0.4) is 0 Å². The van der Waals surface area contributed by atoms with E-state index in [0.717, 1.165) is 0 Å². The van der Waals surface area contributed by atoms with Gasteiger partial charge in [-0.3, -0.25) is 20.4 Å². The van der Waals surface area contributed by atoms with Crippen molar-refractivity contribution in [3.63, 3.8) is 0 Å². The monoisotopic (exact) mass is 292 g/mol. The zero-order valence-electron chi connectivity index (χ0n) is 11.0. The summed E-state index contributed by atoms with van der Waals surface area (Å²) < 4.78 is 5.25. The second-order valence-electron chi connectivity index (χ2n) is 4.25. The minimum Gasteiger partial charge on any atom is -0.466 e. The van der Waals surface area contributed by atoms with Gasteiger partial charge in [-0.2, -0.15) is 0 Å². The van der Waals surface area contributed by atoms with E-state index in [2.05, 4.69) is 10.9 Å². The molecule has 2 amide bonds. The molecule has 2 rings (SSSR count). The van der Waals surface area contributed by atoms with Crippen molar-refractivity contribution in [3.05, 3.63) is 58.0 Å². The molecule has 0 fully saturated rings. The summed E-state index contributed by atoms with van der Waals surface area (Å²) in [5.74, 6) is 0.249. The summed E-state index contributed by atoms with van der Waals surface area (Å²) in [5.41, 5.74) is 5.39. The summed E-state index contributed by atoms with van der Waals surface area (Å²) in [4.78, 5) is 23.7. The number of furan rings is 1. The minimum absolute atomic E-state index is 0.359. The van der Waals surface area contributed by atoms with Crippen molar-refractivity contribution in [2.24, 2.45) is 0 Å². The number of benzene rings is 1. The molecular formula is C14H13ClN2O3. The Labute approximate surface area is 120 Å². The van der Waals surface area contributed by atoms with Gasteiger partial charge < -0.3 is 4.42 Å². The van der Waals surface area contributed by atoms with Gasteiger partial charge in [0.2, 0.25) is 0 Å². The highest BCUT2D eigenvalue weighted by Crippen LogP contribution is 2.13. The maximum absolute atomic E-state index is 11.9. The summed E-state index contributed by atoms with van der Waals surface area (Å²) in [6.07, 6.45) is 0. The summed E-state index contributed by atoms with van der Waals surface area (Å²) >= 11 is 5.79. The highest BCUT2D eigenvalue weighted by molar-refractivity contribution is 6.30. The van der Waals surface area contributed by atoms with Crippen LogP contribution in [0.25, 0.3) is 0 Å². The average molecular weight is 293 g/mol. The second kappa shape index (κ2) is 5.79. The molecule has 0 aliphatic carbocycles. The van der Waals surface area contributed by atoms with E-state index < -0.39 is 11.8 Å². The van der Waals surface area contributed by atoms with Crippen LogP contribution in [0.1, 0.15) is 32.2 Å². The molecule has 0 unspecified atom stereocenters. The van der Waals surface area contributed by atoms with Gasteiger partial charge in [0.1, 0.15) is 11.5 Å². The molecule has 0 spiro atoms. The molecule has 1 aromatic heterocycles. The third-order valence-corrected chi connectivity index (χ3v) is 2.90. The molecule has 104 valence electrons. The van der Waals surface area contributed by atoms with Crippen LogP contribution in [-0.4, -0.2) is 11.8 Å². The van der Waals surface area contributed by atoms with E-state index in [1.807, 2.05) is 0 Å². The standard InChI is InChI=1S/C14H13ClN2O3/c1-8-6-12(9(2)20-8)14(19)17-16-13(18)10-4-3-5-11(15)7-10/h3-7H,1-2H3,(H,16,18)(H,17,19). The number of hydrogen-bond acceptors (Lipinski definition) is 3. The van der Waals surface area contributed by atoms with Crippen LogP contribution in [0.15, 0.2) is 34.7 Å². The molecule has 0 saturated heterocycles. The van der Waals surface area contributed by atoms with Crippen LogP contribution in [-0.2, 0) is 0 Å². The summed E-state index contributed by atoms with van der Waals surface area (Å²) in [5, 5.41) is 0.449. The van der Waals surface area contributed by atoms with E-state index in [0.29, 0.717) is 27.7 Å². The Kier molecular flexibility index (Phi) is 4.10. The molecule has 6 heteroatoms. The highest BCUT2D eigenvalue weighted by Gasteiger charge is 2.14. The largest absolute Gasteiger partial charge is 0.466 e. The summed E-state index contributed by atoms with van der Waals surface area (Å²) in [7, 11) is 0. The fourth-order valence-corrected chi connectivity index (χ4v) is 1.93. The third-order valence-electron chi connectivity index (χ3n) is 2.66. The van der Waals surface area contributed by atoms with E-state index >= 15 is 0 Å². The molecule has 5 nitrogen and oxygen atoms in total. The Morgan fingerprint density at radius 2 is 1.80 bits per heavy atom. The Balaban J connectivity index is 2.00. The number of nitrogens with one attached hydrogen (secondary N) is 2. The molecule has 0 radical (unpaired) electrons. The van der Waals surface area contributed by atoms with E-state index in [-0.39, 0.29) is 0 Å². The Morgan fingerprint density at radius 1 is 1.10 bits per heavy atom. The topological polar surface area (TPSA) is 71.3 Å². The summed E-state index contributed by atoms with van der Waals surface area (Å²) in [6.45, 7) is 3.43. The average Bonchev–Trinajstić information content (AvgIpc) is 2.74. The number of rotatable bonds is 2. The third kappa shape index (κ3) is 3.19. The second-order valence-corrected chi connectivity index (χ2v) is 4.68. The van der Waals surface area contributed by atoms with Crippen LogP contribution in [0.5, 0.6) is 0 Å². The lowest BCUT2D eigenvalue weighted by Crippen LogP contribution is -2.41. The molecule has 20 heavy (non-hydrogen) atoms. The van der Waals surface area contributed by atoms with Crippen molar-refractivity contribution in [2.45, 2.75) is 13.8 Å². The number of halogens is 1. The minimum atomic E-state index is -0.446. The van der Waals surface area contributed by atoms with Crippen molar-refractivity contribution in [3.8, 4) is 0 Å². The predicted octanol–water partition coefficient (Wildman–Crippen LogP) is 2.62. The molecule has 0 aliphatic heterocycles. The molecule has 1 heterocycles. The number of hydrogen-bond donors (Lipinski definition) is 2. The van der Waals surface area contributed by atoms with Gasteiger partial charge in [-0.05, 0) is 38.1 Å². The Morgan fingerprint density at radius 3 is 2.40 bits per heavy atom. The quantitative estimate of drug-likeness (QED) is 0.836. The number of carbonyl (C=O) groups excluding carboxylic acids is 2. The van der Waals surface area contributed by atoms with Crippen molar-refractivity contribution in [1.29, 1.82) is 0 Å². The van der Waals surface area contributed by atoms with Crippen molar-refractivity contribution >= 4 is 23.4 Å². The fraction of sp³-hybridized carbons (Fsp3) is 0.143. The first kappa shape index (κ1) is 14.1. The van der Waals surface area contributed by atoms with Crippen LogP contribution in [0.4, 0.5) is 0 Å². The first-order chi connectivity index (χ1) is 9.47. The maximum atomic E-state index is 11.9. The first-order valence-corrected chi connectivity index (χ1v) is 6.28. The van der Waals surface area contributed by atoms with Gasteiger partial charge in [-0.15, -0.1) is 0 Å². The Hall–Kier alpha value is -2.27. The van der Waals surface area contributed by atoms with Gasteiger partial charge in [-0.1, -0.05) is 17.7 Å². The van der Waals surface area contributed by atoms with Crippen LogP contribution in [0, 0.1) is 13.8 Å². The highest BCUT2D eigenvalue weighted by atomic mass is 35.5. The molecule has 0 atom stereocenters. The number of amides is 2. The van der Waals surface area contributed by atoms with Gasteiger partial charge >= 0.3 is 0 Å². The first-order valence-electron chi connectivity index (χ1n) is 5.90.